The summed E-state index contributed by atoms with van der Waals surface area (Å²) in [4.78, 5) is 11.8. The fraction of sp³-hybridized carbons (Fsp3) is 0.250. The molecule has 0 aliphatic rings. The maximum atomic E-state index is 11.8. The van der Waals surface area contributed by atoms with E-state index in [1.54, 1.807) is 7.11 Å². The van der Waals surface area contributed by atoms with Gasteiger partial charge in [0.15, 0.2) is 11.5 Å². The molecular formula is C20H21NO3. The summed E-state index contributed by atoms with van der Waals surface area (Å²) in [6, 6.07) is 15.3. The van der Waals surface area contributed by atoms with E-state index < -0.39 is 0 Å². The lowest BCUT2D eigenvalue weighted by molar-refractivity contribution is -0.120. The van der Waals surface area contributed by atoms with Gasteiger partial charge in [0.05, 0.1) is 20.1 Å². The predicted octanol–water partition coefficient (Wildman–Crippen LogP) is 2.74. The molecule has 2 aromatic rings. The Morgan fingerprint density at radius 3 is 2.62 bits per heavy atom. The molecule has 0 saturated carbocycles. The molecule has 124 valence electrons. The Labute approximate surface area is 142 Å². The van der Waals surface area contributed by atoms with Crippen LogP contribution in [0.3, 0.4) is 0 Å². The third kappa shape index (κ3) is 5.69. The number of nitrogens with one attached hydrogen (secondary N) is 1. The fourth-order valence-electron chi connectivity index (χ4n) is 2.18. The van der Waals surface area contributed by atoms with Crippen LogP contribution in [0.25, 0.3) is 0 Å². The minimum absolute atomic E-state index is 0.0412. The Morgan fingerprint density at radius 2 is 1.88 bits per heavy atom. The molecular weight excluding hydrogens is 302 g/mol. The van der Waals surface area contributed by atoms with Gasteiger partial charge < -0.3 is 14.8 Å². The van der Waals surface area contributed by atoms with E-state index in [0.29, 0.717) is 24.5 Å². The van der Waals surface area contributed by atoms with E-state index in [4.69, 9.17) is 9.47 Å². The topological polar surface area (TPSA) is 47.6 Å². The van der Waals surface area contributed by atoms with E-state index in [9.17, 15) is 4.79 Å². The summed E-state index contributed by atoms with van der Waals surface area (Å²) in [6.07, 6.45) is 0.362. The molecule has 0 bridgehead atoms. The molecule has 0 spiro atoms. The van der Waals surface area contributed by atoms with Gasteiger partial charge in [-0.05, 0) is 24.6 Å². The van der Waals surface area contributed by atoms with Crippen LogP contribution in [0, 0.1) is 18.8 Å². The maximum absolute atomic E-state index is 11.8. The van der Waals surface area contributed by atoms with E-state index in [0.717, 1.165) is 11.1 Å². The van der Waals surface area contributed by atoms with E-state index in [2.05, 4.69) is 17.2 Å². The highest BCUT2D eigenvalue weighted by atomic mass is 16.5. The van der Waals surface area contributed by atoms with Crippen LogP contribution in [-0.4, -0.2) is 26.2 Å². The Morgan fingerprint density at radius 1 is 1.08 bits per heavy atom. The lowest BCUT2D eigenvalue weighted by Gasteiger charge is -2.07. The van der Waals surface area contributed by atoms with Crippen molar-refractivity contribution in [1.29, 1.82) is 0 Å². The second-order valence-electron chi connectivity index (χ2n) is 5.24. The molecule has 2 rings (SSSR count). The predicted molar refractivity (Wildman–Crippen MR) is 94.2 cm³/mol. The second kappa shape index (κ2) is 9.26. The highest BCUT2D eigenvalue weighted by Crippen LogP contribution is 2.25. The quantitative estimate of drug-likeness (QED) is 0.832. The number of carbonyl (C=O) groups excluding carboxylic acids is 1. The van der Waals surface area contributed by atoms with Gasteiger partial charge in [-0.1, -0.05) is 53.8 Å². The zero-order valence-electron chi connectivity index (χ0n) is 14.0. The molecule has 0 radical (unpaired) electrons. The number of methoxy groups -OCH3 is 1. The van der Waals surface area contributed by atoms with Gasteiger partial charge in [0.25, 0.3) is 0 Å². The number of carbonyl (C=O) groups is 1. The number of para-hydroxylation sites is 2. The SMILES string of the molecule is COc1ccccc1OCC#CCNC(=O)Cc1cccc(C)c1. The van der Waals surface area contributed by atoms with E-state index in [1.165, 1.54) is 0 Å². The molecule has 2 aromatic carbocycles. The normalized spacial score (nSPS) is 9.58. The van der Waals surface area contributed by atoms with Crippen LogP contribution in [-0.2, 0) is 11.2 Å². The Kier molecular flexibility index (Phi) is 6.73. The fourth-order valence-corrected chi connectivity index (χ4v) is 2.18. The van der Waals surface area contributed by atoms with Gasteiger partial charge in [-0.2, -0.15) is 0 Å². The Hall–Kier alpha value is -2.93. The lowest BCUT2D eigenvalue weighted by atomic mass is 10.1. The first-order valence-electron chi connectivity index (χ1n) is 7.73. The molecule has 0 fully saturated rings. The average Bonchev–Trinajstić information content (AvgIpc) is 2.58. The number of hydrogen-bond donors (Lipinski definition) is 1. The minimum atomic E-state index is -0.0412. The van der Waals surface area contributed by atoms with E-state index in [1.807, 2.05) is 55.5 Å². The van der Waals surface area contributed by atoms with Crippen LogP contribution in [0.2, 0.25) is 0 Å². The molecule has 1 N–H and O–H groups in total. The zero-order valence-corrected chi connectivity index (χ0v) is 14.0. The third-order valence-corrected chi connectivity index (χ3v) is 3.32. The molecule has 4 nitrogen and oxygen atoms in total. The number of amides is 1. The number of hydrogen-bond acceptors (Lipinski definition) is 3. The number of aryl methyl sites for hydroxylation is 1. The zero-order chi connectivity index (χ0) is 17.2. The van der Waals surface area contributed by atoms with Crippen LogP contribution in [0.1, 0.15) is 11.1 Å². The third-order valence-electron chi connectivity index (χ3n) is 3.32. The lowest BCUT2D eigenvalue weighted by Crippen LogP contribution is -2.25. The number of rotatable bonds is 6. The first-order chi connectivity index (χ1) is 11.7. The van der Waals surface area contributed by atoms with Gasteiger partial charge in [0, 0.05) is 0 Å². The molecule has 0 aliphatic carbocycles. The molecule has 4 heteroatoms. The highest BCUT2D eigenvalue weighted by Gasteiger charge is 2.02. The number of ether oxygens (including phenoxy) is 2. The largest absolute Gasteiger partial charge is 0.493 e. The van der Waals surface area contributed by atoms with Crippen LogP contribution >= 0.6 is 0 Å². The van der Waals surface area contributed by atoms with Crippen molar-refractivity contribution in [3.8, 4) is 23.3 Å². The molecule has 1 amide bonds. The monoisotopic (exact) mass is 323 g/mol. The first-order valence-corrected chi connectivity index (χ1v) is 7.73. The van der Waals surface area contributed by atoms with Gasteiger partial charge in [0.1, 0.15) is 6.61 Å². The van der Waals surface area contributed by atoms with Crippen LogP contribution in [0.4, 0.5) is 0 Å². The van der Waals surface area contributed by atoms with Crippen LogP contribution < -0.4 is 14.8 Å². The second-order valence-corrected chi connectivity index (χ2v) is 5.24. The van der Waals surface area contributed by atoms with Crippen LogP contribution in [0.5, 0.6) is 11.5 Å². The smallest absolute Gasteiger partial charge is 0.225 e. The van der Waals surface area contributed by atoms with Gasteiger partial charge in [-0.15, -0.1) is 0 Å². The molecule has 0 heterocycles. The summed E-state index contributed by atoms with van der Waals surface area (Å²) in [7, 11) is 1.59. The molecule has 0 saturated heterocycles. The van der Waals surface area contributed by atoms with Crippen molar-refractivity contribution in [2.45, 2.75) is 13.3 Å². The van der Waals surface area contributed by atoms with Crippen LogP contribution in [0.15, 0.2) is 48.5 Å². The standard InChI is InChI=1S/C20H21NO3/c1-16-8-7-9-17(14-16)15-20(22)21-12-5-6-13-24-19-11-4-3-10-18(19)23-2/h3-4,7-11,14H,12-13,15H2,1-2H3,(H,21,22). The molecule has 0 aliphatic heterocycles. The summed E-state index contributed by atoms with van der Waals surface area (Å²) >= 11 is 0. The first kappa shape index (κ1) is 17.4. The van der Waals surface area contributed by atoms with Crippen molar-refractivity contribution in [3.05, 3.63) is 59.7 Å². The Bertz CT molecular complexity index is 744. The molecule has 0 unspecified atom stereocenters. The van der Waals surface area contributed by atoms with E-state index >= 15 is 0 Å². The molecule has 0 atom stereocenters. The van der Waals surface area contributed by atoms with Gasteiger partial charge in [0.2, 0.25) is 5.91 Å². The maximum Gasteiger partial charge on any atom is 0.225 e. The van der Waals surface area contributed by atoms with Crippen molar-refractivity contribution in [1.82, 2.24) is 5.32 Å². The van der Waals surface area contributed by atoms with Crippen molar-refractivity contribution < 1.29 is 14.3 Å². The van der Waals surface area contributed by atoms with Gasteiger partial charge in [-0.25, -0.2) is 0 Å². The summed E-state index contributed by atoms with van der Waals surface area (Å²) in [5.41, 5.74) is 2.15. The van der Waals surface area contributed by atoms with Gasteiger partial charge in [-0.3, -0.25) is 4.79 Å². The molecule has 24 heavy (non-hydrogen) atoms. The average molecular weight is 323 g/mol. The van der Waals surface area contributed by atoms with Gasteiger partial charge >= 0.3 is 0 Å². The summed E-state index contributed by atoms with van der Waals surface area (Å²) in [6.45, 7) is 2.56. The van der Waals surface area contributed by atoms with Crippen molar-refractivity contribution in [2.75, 3.05) is 20.3 Å². The summed E-state index contributed by atoms with van der Waals surface area (Å²) < 4.78 is 10.7. The van der Waals surface area contributed by atoms with Crippen molar-refractivity contribution in [3.63, 3.8) is 0 Å². The minimum Gasteiger partial charge on any atom is -0.493 e. The number of benzene rings is 2. The summed E-state index contributed by atoms with van der Waals surface area (Å²) in [5.74, 6) is 7.03. The highest BCUT2D eigenvalue weighted by molar-refractivity contribution is 5.78. The molecule has 0 aromatic heterocycles. The van der Waals surface area contributed by atoms with Crippen molar-refractivity contribution in [2.24, 2.45) is 0 Å². The van der Waals surface area contributed by atoms with Crippen molar-refractivity contribution >= 4 is 5.91 Å². The van der Waals surface area contributed by atoms with E-state index in [-0.39, 0.29) is 12.5 Å². The summed E-state index contributed by atoms with van der Waals surface area (Å²) in [5, 5.41) is 2.78. The Balaban J connectivity index is 1.71.